The molecule has 1 amide bonds. The molecule has 110 valence electrons. The summed E-state index contributed by atoms with van der Waals surface area (Å²) in [4.78, 5) is 22.9. The van der Waals surface area contributed by atoms with Crippen molar-refractivity contribution in [2.24, 2.45) is 0 Å². The predicted molar refractivity (Wildman–Crippen MR) is 75.2 cm³/mol. The second kappa shape index (κ2) is 6.02. The van der Waals surface area contributed by atoms with Gasteiger partial charge in [-0.3, -0.25) is 4.79 Å². The monoisotopic (exact) mass is 281 g/mol. The molecule has 0 spiro atoms. The van der Waals surface area contributed by atoms with Crippen LogP contribution in [0.3, 0.4) is 0 Å². The Labute approximate surface area is 118 Å². The van der Waals surface area contributed by atoms with Crippen molar-refractivity contribution in [2.75, 3.05) is 37.4 Å². The Kier molecular flexibility index (Phi) is 4.36. The zero-order valence-electron chi connectivity index (χ0n) is 12.1. The molecule has 0 saturated carbocycles. The number of anilines is 2. The number of nitrogens with one attached hydrogen (secondary N) is 1. The van der Waals surface area contributed by atoms with Crippen LogP contribution in [-0.2, 0) is 4.79 Å². The largest absolute Gasteiger partial charge is 0.360 e. The number of nitrogens with zero attached hydrogens (tertiary/aromatic N) is 4. The van der Waals surface area contributed by atoms with Crippen LogP contribution in [0.4, 0.5) is 16.2 Å². The van der Waals surface area contributed by atoms with Crippen molar-refractivity contribution < 1.29 is 9.18 Å². The lowest BCUT2D eigenvalue weighted by Crippen LogP contribution is -2.44. The van der Waals surface area contributed by atoms with Crippen LogP contribution in [0, 0.1) is 5.82 Å². The van der Waals surface area contributed by atoms with Crippen molar-refractivity contribution in [1.82, 2.24) is 14.9 Å². The van der Waals surface area contributed by atoms with E-state index in [-0.39, 0.29) is 17.8 Å². The first-order chi connectivity index (χ1) is 9.47. The van der Waals surface area contributed by atoms with Crippen molar-refractivity contribution in [1.29, 1.82) is 0 Å². The highest BCUT2D eigenvalue weighted by Crippen LogP contribution is 2.17. The summed E-state index contributed by atoms with van der Waals surface area (Å²) in [6, 6.07) is 0.105. The van der Waals surface area contributed by atoms with Gasteiger partial charge >= 0.3 is 0 Å². The van der Waals surface area contributed by atoms with Gasteiger partial charge in [0.05, 0.1) is 6.20 Å². The lowest BCUT2D eigenvalue weighted by atomic mass is 10.1. The van der Waals surface area contributed by atoms with Crippen molar-refractivity contribution in [2.45, 2.75) is 25.8 Å². The Morgan fingerprint density at radius 1 is 1.55 bits per heavy atom. The maximum absolute atomic E-state index is 13.5. The topological polar surface area (TPSA) is 61.4 Å². The molecule has 20 heavy (non-hydrogen) atoms. The molecule has 1 fully saturated rings. The van der Waals surface area contributed by atoms with Gasteiger partial charge < -0.3 is 15.1 Å². The van der Waals surface area contributed by atoms with E-state index in [1.807, 2.05) is 0 Å². The van der Waals surface area contributed by atoms with Crippen LogP contribution in [0.5, 0.6) is 0 Å². The van der Waals surface area contributed by atoms with Crippen LogP contribution in [0.15, 0.2) is 6.20 Å². The summed E-state index contributed by atoms with van der Waals surface area (Å²) in [7, 11) is 3.46. The van der Waals surface area contributed by atoms with E-state index in [4.69, 9.17) is 0 Å². The van der Waals surface area contributed by atoms with Gasteiger partial charge in [0.2, 0.25) is 11.9 Å². The quantitative estimate of drug-likeness (QED) is 0.899. The summed E-state index contributed by atoms with van der Waals surface area (Å²) >= 11 is 0. The molecule has 1 aliphatic heterocycles. The summed E-state index contributed by atoms with van der Waals surface area (Å²) < 4.78 is 13.5. The first-order valence-corrected chi connectivity index (χ1v) is 6.69. The minimum atomic E-state index is -0.449. The minimum Gasteiger partial charge on any atom is -0.360 e. The fraction of sp³-hybridized carbons (Fsp3) is 0.615. The Bertz CT molecular complexity index is 494. The van der Waals surface area contributed by atoms with Gasteiger partial charge in [-0.2, -0.15) is 4.98 Å². The van der Waals surface area contributed by atoms with Gasteiger partial charge in [-0.05, 0) is 12.8 Å². The summed E-state index contributed by atoms with van der Waals surface area (Å²) in [5.41, 5.74) is 0. The minimum absolute atomic E-state index is 0.0745. The molecule has 1 atom stereocenters. The average Bonchev–Trinajstić information content (AvgIpc) is 2.41. The number of halogens is 1. The number of carbonyl (C=O) groups excluding carboxylic acids is 1. The van der Waals surface area contributed by atoms with Gasteiger partial charge in [0.15, 0.2) is 11.6 Å². The van der Waals surface area contributed by atoms with E-state index < -0.39 is 5.82 Å². The highest BCUT2D eigenvalue weighted by molar-refractivity contribution is 5.73. The van der Waals surface area contributed by atoms with Crippen LogP contribution in [0.1, 0.15) is 19.8 Å². The van der Waals surface area contributed by atoms with E-state index in [2.05, 4.69) is 15.3 Å². The van der Waals surface area contributed by atoms with E-state index in [9.17, 15) is 9.18 Å². The van der Waals surface area contributed by atoms with Crippen molar-refractivity contribution in [3.05, 3.63) is 12.0 Å². The first-order valence-electron chi connectivity index (χ1n) is 6.69. The number of hydrogen-bond donors (Lipinski definition) is 1. The number of aromatic nitrogens is 2. The molecular weight excluding hydrogens is 261 g/mol. The number of likely N-dealkylation sites (tertiary alicyclic amines) is 1. The third-order valence-electron chi connectivity index (χ3n) is 3.35. The van der Waals surface area contributed by atoms with Crippen LogP contribution >= 0.6 is 0 Å². The smallest absolute Gasteiger partial charge is 0.225 e. The van der Waals surface area contributed by atoms with E-state index in [0.717, 1.165) is 25.6 Å². The van der Waals surface area contributed by atoms with E-state index in [1.54, 1.807) is 30.8 Å². The molecule has 7 heteroatoms. The van der Waals surface area contributed by atoms with Gasteiger partial charge in [-0.25, -0.2) is 9.37 Å². The molecule has 0 unspecified atom stereocenters. The normalized spacial score (nSPS) is 18.8. The van der Waals surface area contributed by atoms with E-state index in [0.29, 0.717) is 12.5 Å². The zero-order valence-corrected chi connectivity index (χ0v) is 12.1. The molecule has 1 aromatic heterocycles. The maximum atomic E-state index is 13.5. The zero-order chi connectivity index (χ0) is 14.7. The Morgan fingerprint density at radius 2 is 2.30 bits per heavy atom. The fourth-order valence-electron chi connectivity index (χ4n) is 2.30. The van der Waals surface area contributed by atoms with Crippen LogP contribution in [0.25, 0.3) is 0 Å². The molecular formula is C13H20FN5O. The highest BCUT2D eigenvalue weighted by atomic mass is 19.1. The number of carbonyl (C=O) groups is 1. The molecule has 0 aromatic carbocycles. The third-order valence-corrected chi connectivity index (χ3v) is 3.35. The van der Waals surface area contributed by atoms with E-state index in [1.165, 1.54) is 0 Å². The van der Waals surface area contributed by atoms with Gasteiger partial charge in [0.1, 0.15) is 0 Å². The molecule has 2 rings (SSSR count). The van der Waals surface area contributed by atoms with Gasteiger partial charge in [0.25, 0.3) is 0 Å². The second-order valence-electron chi connectivity index (χ2n) is 5.21. The van der Waals surface area contributed by atoms with Crippen LogP contribution in [-0.4, -0.2) is 54.0 Å². The molecule has 1 aliphatic rings. The lowest BCUT2D eigenvalue weighted by Gasteiger charge is -2.32. The van der Waals surface area contributed by atoms with E-state index >= 15 is 0 Å². The molecule has 6 nitrogen and oxygen atoms in total. The number of amides is 1. The molecule has 0 radical (unpaired) electrons. The SMILES string of the molecule is CC(=O)N1CCC[C@@H](Nc2ncc(F)c(N(C)C)n2)C1. The number of rotatable bonds is 3. The Balaban J connectivity index is 2.06. The summed E-state index contributed by atoms with van der Waals surface area (Å²) in [5, 5.41) is 3.18. The predicted octanol–water partition coefficient (Wildman–Crippen LogP) is 1.10. The average molecular weight is 281 g/mol. The van der Waals surface area contributed by atoms with Gasteiger partial charge in [-0.1, -0.05) is 0 Å². The molecule has 0 aliphatic carbocycles. The fourth-order valence-corrected chi connectivity index (χ4v) is 2.30. The van der Waals surface area contributed by atoms with Crippen molar-refractivity contribution in [3.63, 3.8) is 0 Å². The Hall–Kier alpha value is -1.92. The van der Waals surface area contributed by atoms with Crippen molar-refractivity contribution >= 4 is 17.7 Å². The summed E-state index contributed by atoms with van der Waals surface area (Å²) in [6.45, 7) is 3.00. The van der Waals surface area contributed by atoms with Gasteiger partial charge in [0, 0.05) is 40.2 Å². The van der Waals surface area contributed by atoms with Crippen LogP contribution in [0.2, 0.25) is 0 Å². The second-order valence-corrected chi connectivity index (χ2v) is 5.21. The molecule has 1 aromatic rings. The molecule has 0 bridgehead atoms. The highest BCUT2D eigenvalue weighted by Gasteiger charge is 2.22. The summed E-state index contributed by atoms with van der Waals surface area (Å²) in [5.74, 6) is 0.271. The Morgan fingerprint density at radius 3 is 2.95 bits per heavy atom. The van der Waals surface area contributed by atoms with Crippen molar-refractivity contribution in [3.8, 4) is 0 Å². The number of piperidine rings is 1. The van der Waals surface area contributed by atoms with Crippen LogP contribution < -0.4 is 10.2 Å². The molecule has 2 heterocycles. The standard InChI is InChI=1S/C13H20FN5O/c1-9(20)19-6-4-5-10(8-19)16-13-15-7-11(14)12(17-13)18(2)3/h7,10H,4-6,8H2,1-3H3,(H,15,16,17)/t10-/m1/s1. The molecule has 1 N–H and O–H groups in total. The summed E-state index contributed by atoms with van der Waals surface area (Å²) in [6.07, 6.45) is 3.05. The first kappa shape index (κ1) is 14.5. The lowest BCUT2D eigenvalue weighted by molar-refractivity contribution is -0.129. The number of hydrogen-bond acceptors (Lipinski definition) is 5. The molecule has 1 saturated heterocycles. The maximum Gasteiger partial charge on any atom is 0.225 e. The third kappa shape index (κ3) is 3.34. The van der Waals surface area contributed by atoms with Gasteiger partial charge in [-0.15, -0.1) is 0 Å².